The van der Waals surface area contributed by atoms with Gasteiger partial charge in [-0.1, -0.05) is 24.4 Å². The van der Waals surface area contributed by atoms with Crippen LogP contribution < -0.4 is 14.8 Å². The van der Waals surface area contributed by atoms with Crippen LogP contribution in [0, 0.1) is 0 Å². The summed E-state index contributed by atoms with van der Waals surface area (Å²) in [6.45, 7) is 0.873. The minimum atomic E-state index is 0.573. The van der Waals surface area contributed by atoms with Crippen LogP contribution in [0.4, 0.5) is 0 Å². The van der Waals surface area contributed by atoms with Gasteiger partial charge in [0.15, 0.2) is 11.5 Å². The third-order valence-corrected chi connectivity index (χ3v) is 4.49. The summed E-state index contributed by atoms with van der Waals surface area (Å²) >= 11 is 0. The van der Waals surface area contributed by atoms with E-state index in [1.165, 1.54) is 32.1 Å². The number of ether oxygens (including phenoxy) is 2. The van der Waals surface area contributed by atoms with E-state index in [2.05, 4.69) is 15.5 Å². The maximum Gasteiger partial charge on any atom is 0.228 e. The Morgan fingerprint density at radius 1 is 1.12 bits per heavy atom. The van der Waals surface area contributed by atoms with E-state index in [-0.39, 0.29) is 0 Å². The van der Waals surface area contributed by atoms with Crippen LogP contribution in [0.25, 0.3) is 11.4 Å². The number of nitrogens with one attached hydrogen (secondary N) is 1. The van der Waals surface area contributed by atoms with Gasteiger partial charge in [-0.2, -0.15) is 4.98 Å². The molecule has 1 fully saturated rings. The van der Waals surface area contributed by atoms with E-state index < -0.39 is 0 Å². The van der Waals surface area contributed by atoms with Gasteiger partial charge in [0, 0.05) is 24.6 Å². The number of methoxy groups -OCH3 is 2. The summed E-state index contributed by atoms with van der Waals surface area (Å²) in [4.78, 5) is 4.48. The molecule has 0 radical (unpaired) electrons. The highest BCUT2D eigenvalue weighted by Crippen LogP contribution is 2.31. The van der Waals surface area contributed by atoms with E-state index in [9.17, 15) is 0 Å². The molecule has 3 rings (SSSR count). The van der Waals surface area contributed by atoms with E-state index in [1.807, 2.05) is 18.2 Å². The van der Waals surface area contributed by atoms with Gasteiger partial charge in [0.05, 0.1) is 14.2 Å². The van der Waals surface area contributed by atoms with Crippen molar-refractivity contribution >= 4 is 0 Å². The van der Waals surface area contributed by atoms with Gasteiger partial charge in [-0.25, -0.2) is 0 Å². The van der Waals surface area contributed by atoms with Crippen molar-refractivity contribution in [3.8, 4) is 22.9 Å². The third-order valence-electron chi connectivity index (χ3n) is 4.49. The molecule has 0 saturated heterocycles. The number of rotatable bonds is 7. The van der Waals surface area contributed by atoms with Crippen molar-refractivity contribution in [2.45, 2.75) is 44.6 Å². The zero-order chi connectivity index (χ0) is 16.8. The fourth-order valence-corrected chi connectivity index (χ4v) is 3.14. The van der Waals surface area contributed by atoms with Crippen molar-refractivity contribution in [2.24, 2.45) is 0 Å². The summed E-state index contributed by atoms with van der Waals surface area (Å²) in [5.74, 6) is 2.56. The second-order valence-electron chi connectivity index (χ2n) is 6.12. The molecule has 130 valence electrons. The molecule has 2 aromatic rings. The lowest BCUT2D eigenvalue weighted by Crippen LogP contribution is -2.32. The Morgan fingerprint density at radius 2 is 1.92 bits per heavy atom. The minimum Gasteiger partial charge on any atom is -0.493 e. The zero-order valence-corrected chi connectivity index (χ0v) is 14.4. The number of nitrogens with zero attached hydrogens (tertiary/aromatic N) is 2. The van der Waals surface area contributed by atoms with Gasteiger partial charge in [0.1, 0.15) is 0 Å². The smallest absolute Gasteiger partial charge is 0.228 e. The average Bonchev–Trinajstić information content (AvgIpc) is 3.11. The molecular formula is C18H25N3O3. The van der Waals surface area contributed by atoms with Crippen molar-refractivity contribution in [3.05, 3.63) is 24.1 Å². The third kappa shape index (κ3) is 4.06. The second kappa shape index (κ2) is 8.15. The van der Waals surface area contributed by atoms with Crippen LogP contribution in [0.2, 0.25) is 0 Å². The Hall–Kier alpha value is -2.08. The molecule has 1 saturated carbocycles. The fourth-order valence-electron chi connectivity index (χ4n) is 3.14. The molecule has 1 aliphatic carbocycles. The Morgan fingerprint density at radius 3 is 2.67 bits per heavy atom. The molecule has 1 aromatic heterocycles. The van der Waals surface area contributed by atoms with Crippen molar-refractivity contribution in [1.29, 1.82) is 0 Å². The highest BCUT2D eigenvalue weighted by molar-refractivity contribution is 5.60. The largest absolute Gasteiger partial charge is 0.493 e. The average molecular weight is 331 g/mol. The zero-order valence-electron chi connectivity index (χ0n) is 14.4. The van der Waals surface area contributed by atoms with E-state index in [4.69, 9.17) is 14.0 Å². The van der Waals surface area contributed by atoms with Gasteiger partial charge in [0.2, 0.25) is 11.7 Å². The van der Waals surface area contributed by atoms with E-state index >= 15 is 0 Å². The van der Waals surface area contributed by atoms with Gasteiger partial charge in [-0.3, -0.25) is 0 Å². The van der Waals surface area contributed by atoms with Crippen LogP contribution in [-0.4, -0.2) is 36.9 Å². The first kappa shape index (κ1) is 16.8. The topological polar surface area (TPSA) is 69.4 Å². The molecule has 0 spiro atoms. The summed E-state index contributed by atoms with van der Waals surface area (Å²) in [6, 6.07) is 6.24. The lowest BCUT2D eigenvalue weighted by molar-refractivity contribution is 0.351. The van der Waals surface area contributed by atoms with Crippen LogP contribution >= 0.6 is 0 Å². The normalized spacial score (nSPS) is 15.4. The van der Waals surface area contributed by atoms with E-state index in [0.29, 0.717) is 29.3 Å². The Balaban J connectivity index is 1.58. The van der Waals surface area contributed by atoms with Crippen molar-refractivity contribution < 1.29 is 14.0 Å². The van der Waals surface area contributed by atoms with Gasteiger partial charge in [0.25, 0.3) is 0 Å². The van der Waals surface area contributed by atoms with Crippen LogP contribution in [0.3, 0.4) is 0 Å². The maximum absolute atomic E-state index is 5.37. The fraction of sp³-hybridized carbons (Fsp3) is 0.556. The van der Waals surface area contributed by atoms with Crippen molar-refractivity contribution in [2.75, 3.05) is 20.8 Å². The Kier molecular flexibility index (Phi) is 5.69. The Labute approximate surface area is 142 Å². The first-order chi connectivity index (χ1) is 11.8. The van der Waals surface area contributed by atoms with E-state index in [1.54, 1.807) is 14.2 Å². The monoisotopic (exact) mass is 331 g/mol. The van der Waals surface area contributed by atoms with E-state index in [0.717, 1.165) is 18.5 Å². The Bertz CT molecular complexity index is 651. The molecule has 0 atom stereocenters. The molecule has 24 heavy (non-hydrogen) atoms. The molecule has 1 aliphatic rings. The molecule has 0 amide bonds. The predicted octanol–water partition coefficient (Wildman–Crippen LogP) is 3.22. The van der Waals surface area contributed by atoms with Gasteiger partial charge in [-0.05, 0) is 31.0 Å². The molecule has 0 aliphatic heterocycles. The van der Waals surface area contributed by atoms with Gasteiger partial charge < -0.3 is 19.3 Å². The van der Waals surface area contributed by atoms with Crippen molar-refractivity contribution in [3.63, 3.8) is 0 Å². The summed E-state index contributed by atoms with van der Waals surface area (Å²) in [5, 5.41) is 7.66. The summed E-state index contributed by atoms with van der Waals surface area (Å²) in [5.41, 5.74) is 0.850. The van der Waals surface area contributed by atoms with Gasteiger partial charge in [-0.15, -0.1) is 0 Å². The number of aromatic nitrogens is 2. The molecule has 1 aromatic carbocycles. The number of benzene rings is 1. The summed E-state index contributed by atoms with van der Waals surface area (Å²) < 4.78 is 15.9. The lowest BCUT2D eigenvalue weighted by Gasteiger charge is -2.22. The molecule has 1 N–H and O–H groups in total. The van der Waals surface area contributed by atoms with Crippen LogP contribution in [0.1, 0.15) is 38.0 Å². The predicted molar refractivity (Wildman–Crippen MR) is 91.4 cm³/mol. The first-order valence-corrected chi connectivity index (χ1v) is 8.58. The SMILES string of the molecule is COc1ccc(-c2noc(CCNC3CCCCC3)n2)cc1OC. The summed E-state index contributed by atoms with van der Waals surface area (Å²) in [6.07, 6.45) is 7.35. The molecule has 0 bridgehead atoms. The van der Waals surface area contributed by atoms with Crippen LogP contribution in [-0.2, 0) is 6.42 Å². The lowest BCUT2D eigenvalue weighted by atomic mass is 9.95. The van der Waals surface area contributed by atoms with Crippen LogP contribution in [0.5, 0.6) is 11.5 Å². The number of hydrogen-bond donors (Lipinski definition) is 1. The highest BCUT2D eigenvalue weighted by atomic mass is 16.5. The number of hydrogen-bond acceptors (Lipinski definition) is 6. The van der Waals surface area contributed by atoms with Crippen LogP contribution in [0.15, 0.2) is 22.7 Å². The molecule has 0 unspecified atom stereocenters. The molecule has 6 heteroatoms. The summed E-state index contributed by atoms with van der Waals surface area (Å²) in [7, 11) is 3.23. The highest BCUT2D eigenvalue weighted by Gasteiger charge is 2.14. The quantitative estimate of drug-likeness (QED) is 0.840. The standard InChI is InChI=1S/C18H25N3O3/c1-22-15-9-8-13(12-16(15)23-2)18-20-17(24-21-18)10-11-19-14-6-4-3-5-7-14/h8-9,12,14,19H,3-7,10-11H2,1-2H3. The second-order valence-corrected chi connectivity index (χ2v) is 6.12. The molecule has 6 nitrogen and oxygen atoms in total. The van der Waals surface area contributed by atoms with Crippen molar-refractivity contribution in [1.82, 2.24) is 15.5 Å². The minimum absolute atomic E-state index is 0.573. The maximum atomic E-state index is 5.37. The first-order valence-electron chi connectivity index (χ1n) is 8.58. The molecule has 1 heterocycles. The molecular weight excluding hydrogens is 306 g/mol. The van der Waals surface area contributed by atoms with Gasteiger partial charge >= 0.3 is 0 Å².